The lowest BCUT2D eigenvalue weighted by molar-refractivity contribution is -0.168. The molecule has 2 aliphatic rings. The first-order valence-corrected chi connectivity index (χ1v) is 13.2. The number of carbonyl (C=O) groups is 3. The van der Waals surface area contributed by atoms with Crippen LogP contribution in [0.15, 0.2) is 41.3 Å². The number of hydrogen-bond acceptors (Lipinski definition) is 5. The molecule has 3 atom stereocenters. The Hall–Kier alpha value is -2.69. The summed E-state index contributed by atoms with van der Waals surface area (Å²) in [5, 5.41) is 3.25. The van der Waals surface area contributed by atoms with Gasteiger partial charge in [0.15, 0.2) is 11.6 Å². The maximum atomic E-state index is 14.0. The van der Waals surface area contributed by atoms with Crippen molar-refractivity contribution in [3.05, 3.63) is 64.2 Å². The number of fused-ring (bicyclic) bond motifs is 1. The van der Waals surface area contributed by atoms with Gasteiger partial charge in [-0.05, 0) is 68.1 Å². The number of nitrogens with zero attached hydrogens (tertiary/aromatic N) is 3. The molecule has 2 aromatic carbocycles. The second-order valence-electron chi connectivity index (χ2n) is 9.66. The molecule has 2 fully saturated rings. The summed E-state index contributed by atoms with van der Waals surface area (Å²) in [5.41, 5.74) is 1.39. The summed E-state index contributed by atoms with van der Waals surface area (Å²) >= 11 is 7.87. The first-order chi connectivity index (χ1) is 17.5. The Kier molecular flexibility index (Phi) is 8.11. The average Bonchev–Trinajstić information content (AvgIpc) is 2.81. The predicted octanol–water partition coefficient (Wildman–Crippen LogP) is 3.77. The standard InChI is InChI=1S/C26H29ClF2N4O3S/c1-14(2)31-13-24-32(37-23-8-5-15(3)9-18(23)27)12-21(30-16(4)34)25(35)33(24)22(26(31)36)11-17-6-7-19(28)20(29)10-17/h5-10,14,21-22,24H,11-13H2,1-4H3,(H,30,34). The average molecular weight is 551 g/mol. The van der Waals surface area contributed by atoms with Crippen molar-refractivity contribution in [1.29, 1.82) is 0 Å². The van der Waals surface area contributed by atoms with Gasteiger partial charge < -0.3 is 15.1 Å². The van der Waals surface area contributed by atoms with Crippen molar-refractivity contribution in [3.63, 3.8) is 0 Å². The van der Waals surface area contributed by atoms with Gasteiger partial charge in [-0.1, -0.05) is 23.7 Å². The number of aryl methyl sites for hydroxylation is 1. The Labute approximate surface area is 224 Å². The highest BCUT2D eigenvalue weighted by molar-refractivity contribution is 7.97. The fourth-order valence-corrected chi connectivity index (χ4v) is 6.14. The molecule has 2 aliphatic heterocycles. The van der Waals surface area contributed by atoms with Crippen LogP contribution in [0.1, 0.15) is 31.9 Å². The highest BCUT2D eigenvalue weighted by atomic mass is 35.5. The van der Waals surface area contributed by atoms with Gasteiger partial charge in [-0.3, -0.25) is 14.4 Å². The largest absolute Gasteiger partial charge is 0.343 e. The third-order valence-electron chi connectivity index (χ3n) is 6.55. The van der Waals surface area contributed by atoms with Gasteiger partial charge in [0.1, 0.15) is 18.2 Å². The molecule has 2 saturated heterocycles. The van der Waals surface area contributed by atoms with Gasteiger partial charge in [0.05, 0.1) is 11.6 Å². The van der Waals surface area contributed by atoms with Crippen molar-refractivity contribution in [2.24, 2.45) is 0 Å². The minimum atomic E-state index is -1.02. The highest BCUT2D eigenvalue weighted by Gasteiger charge is 2.51. The smallest absolute Gasteiger partial charge is 0.248 e. The first kappa shape index (κ1) is 27.3. The summed E-state index contributed by atoms with van der Waals surface area (Å²) < 4.78 is 29.5. The van der Waals surface area contributed by atoms with Crippen molar-refractivity contribution < 1.29 is 23.2 Å². The fraction of sp³-hybridized carbons (Fsp3) is 0.423. The molecular formula is C26H29ClF2N4O3S. The number of amides is 3. The Morgan fingerprint density at radius 1 is 1.11 bits per heavy atom. The molecule has 1 N–H and O–H groups in total. The molecule has 7 nitrogen and oxygen atoms in total. The van der Waals surface area contributed by atoms with E-state index >= 15 is 0 Å². The van der Waals surface area contributed by atoms with E-state index in [0.29, 0.717) is 10.6 Å². The van der Waals surface area contributed by atoms with Gasteiger partial charge in [-0.15, -0.1) is 0 Å². The van der Waals surface area contributed by atoms with Crippen molar-refractivity contribution in [2.45, 2.75) is 63.3 Å². The van der Waals surface area contributed by atoms with Gasteiger partial charge >= 0.3 is 0 Å². The second kappa shape index (κ2) is 11.0. The molecule has 3 unspecified atom stereocenters. The summed E-state index contributed by atoms with van der Waals surface area (Å²) in [5.74, 6) is -3.06. The Bertz CT molecular complexity index is 1230. The van der Waals surface area contributed by atoms with Crippen LogP contribution >= 0.6 is 23.5 Å². The monoisotopic (exact) mass is 550 g/mol. The Morgan fingerprint density at radius 3 is 2.46 bits per heavy atom. The number of hydrogen-bond donors (Lipinski definition) is 1. The van der Waals surface area contributed by atoms with Crippen LogP contribution in [0.5, 0.6) is 0 Å². The molecule has 3 amide bonds. The lowest BCUT2D eigenvalue weighted by atomic mass is 9.96. The lowest BCUT2D eigenvalue weighted by Crippen LogP contribution is -2.74. The van der Waals surface area contributed by atoms with Crippen molar-refractivity contribution in [2.75, 3.05) is 13.1 Å². The van der Waals surface area contributed by atoms with Gasteiger partial charge in [0.2, 0.25) is 17.7 Å². The fourth-order valence-electron chi connectivity index (χ4n) is 4.76. The third-order valence-corrected chi connectivity index (χ3v) is 8.15. The van der Waals surface area contributed by atoms with Crippen LogP contribution in [0.25, 0.3) is 0 Å². The van der Waals surface area contributed by atoms with Crippen LogP contribution in [0.4, 0.5) is 8.78 Å². The van der Waals surface area contributed by atoms with Crippen molar-refractivity contribution >= 4 is 41.3 Å². The summed E-state index contributed by atoms with van der Waals surface area (Å²) in [6.07, 6.45) is -0.534. The maximum Gasteiger partial charge on any atom is 0.248 e. The van der Waals surface area contributed by atoms with E-state index in [1.165, 1.54) is 29.8 Å². The molecule has 11 heteroatoms. The van der Waals surface area contributed by atoms with E-state index in [2.05, 4.69) is 5.32 Å². The summed E-state index contributed by atoms with van der Waals surface area (Å²) in [4.78, 5) is 43.2. The van der Waals surface area contributed by atoms with Gasteiger partial charge in [-0.25, -0.2) is 13.1 Å². The molecule has 0 bridgehead atoms. The number of nitrogens with one attached hydrogen (secondary N) is 1. The van der Waals surface area contributed by atoms with Gasteiger partial charge in [0, 0.05) is 30.8 Å². The molecule has 2 heterocycles. The second-order valence-corrected chi connectivity index (χ2v) is 11.2. The summed E-state index contributed by atoms with van der Waals surface area (Å²) in [7, 11) is 0. The summed E-state index contributed by atoms with van der Waals surface area (Å²) in [6, 6.07) is 7.13. The molecule has 0 aliphatic carbocycles. The maximum absolute atomic E-state index is 14.0. The first-order valence-electron chi connectivity index (χ1n) is 12.0. The van der Waals surface area contributed by atoms with Gasteiger partial charge in [-0.2, -0.15) is 0 Å². The molecular weight excluding hydrogens is 522 g/mol. The zero-order chi connectivity index (χ0) is 27.0. The van der Waals surface area contributed by atoms with Crippen molar-refractivity contribution in [1.82, 2.24) is 19.4 Å². The van der Waals surface area contributed by atoms with Crippen LogP contribution in [0, 0.1) is 18.6 Å². The third kappa shape index (κ3) is 5.76. The number of benzene rings is 2. The van der Waals surface area contributed by atoms with E-state index in [1.807, 2.05) is 43.3 Å². The van der Waals surface area contributed by atoms with Crippen LogP contribution in [0.2, 0.25) is 5.02 Å². The molecule has 4 rings (SSSR count). The SMILES string of the molecule is CC(=O)NC1CN(Sc2ccc(C)cc2Cl)C2CN(C(C)C)C(=O)C(Cc3ccc(F)c(F)c3)N2C1=O. The number of rotatable bonds is 6. The Morgan fingerprint density at radius 2 is 1.84 bits per heavy atom. The molecule has 37 heavy (non-hydrogen) atoms. The van der Waals surface area contributed by atoms with E-state index in [0.717, 1.165) is 22.6 Å². The number of carbonyl (C=O) groups excluding carboxylic acids is 3. The van der Waals surface area contributed by atoms with Crippen LogP contribution in [-0.4, -0.2) is 69.2 Å². The zero-order valence-corrected chi connectivity index (χ0v) is 22.6. The highest BCUT2D eigenvalue weighted by Crippen LogP contribution is 2.37. The minimum Gasteiger partial charge on any atom is -0.343 e. The molecule has 198 valence electrons. The van der Waals surface area contributed by atoms with Gasteiger partial charge in [0.25, 0.3) is 0 Å². The molecule has 0 spiro atoms. The predicted molar refractivity (Wildman–Crippen MR) is 138 cm³/mol. The van der Waals surface area contributed by atoms with Crippen molar-refractivity contribution in [3.8, 4) is 0 Å². The van der Waals surface area contributed by atoms with Crippen LogP contribution in [0.3, 0.4) is 0 Å². The topological polar surface area (TPSA) is 73.0 Å². The van der Waals surface area contributed by atoms with Crippen LogP contribution < -0.4 is 5.32 Å². The minimum absolute atomic E-state index is 0.00191. The zero-order valence-electron chi connectivity index (χ0n) is 21.0. The van der Waals surface area contributed by atoms with E-state index in [1.54, 1.807) is 4.90 Å². The van der Waals surface area contributed by atoms with E-state index < -0.39 is 35.8 Å². The summed E-state index contributed by atoms with van der Waals surface area (Å²) in [6.45, 7) is 7.49. The normalized spacial score (nSPS) is 22.4. The van der Waals surface area contributed by atoms with E-state index in [9.17, 15) is 23.2 Å². The Balaban J connectivity index is 1.75. The van der Waals surface area contributed by atoms with E-state index in [4.69, 9.17) is 11.6 Å². The molecule has 0 saturated carbocycles. The van der Waals surface area contributed by atoms with Crippen LogP contribution in [-0.2, 0) is 20.8 Å². The molecule has 0 radical (unpaired) electrons. The quantitative estimate of drug-likeness (QED) is 0.554. The lowest BCUT2D eigenvalue weighted by Gasteiger charge is -2.54. The number of halogens is 3. The van der Waals surface area contributed by atoms with E-state index in [-0.39, 0.29) is 37.4 Å². The number of piperazine rings is 1. The molecule has 0 aromatic heterocycles. The molecule has 2 aromatic rings.